The fourth-order valence-corrected chi connectivity index (χ4v) is 1.43. The van der Waals surface area contributed by atoms with Crippen LogP contribution in [0.2, 0.25) is 0 Å². The minimum Gasteiger partial charge on any atom is -0.338 e. The maximum absolute atomic E-state index is 11.6. The van der Waals surface area contributed by atoms with Crippen molar-refractivity contribution in [1.29, 1.82) is 0 Å². The summed E-state index contributed by atoms with van der Waals surface area (Å²) in [6, 6.07) is -0.887. The molecule has 0 radical (unpaired) electrons. The summed E-state index contributed by atoms with van der Waals surface area (Å²) in [5.41, 5.74) is 0. The van der Waals surface area contributed by atoms with Crippen LogP contribution in [0.3, 0.4) is 0 Å². The van der Waals surface area contributed by atoms with Crippen LogP contribution in [0.4, 0.5) is 4.79 Å². The van der Waals surface area contributed by atoms with Crippen molar-refractivity contribution in [1.82, 2.24) is 30.9 Å². The summed E-state index contributed by atoms with van der Waals surface area (Å²) in [6.07, 6.45) is 4.23. The van der Waals surface area contributed by atoms with Crippen LogP contribution >= 0.6 is 0 Å². The van der Waals surface area contributed by atoms with E-state index in [1.807, 2.05) is 0 Å². The molecule has 1 atom stereocenters. The number of hydrogen-bond donors (Lipinski definition) is 3. The zero-order valence-electron chi connectivity index (χ0n) is 11.2. The lowest BCUT2D eigenvalue weighted by Gasteiger charge is -2.13. The first kappa shape index (κ1) is 15.1. The van der Waals surface area contributed by atoms with Crippen LogP contribution in [-0.2, 0) is 11.3 Å². The van der Waals surface area contributed by atoms with E-state index in [9.17, 15) is 9.59 Å². The third-order valence-corrected chi connectivity index (χ3v) is 2.45. The lowest BCUT2D eigenvalue weighted by Crippen LogP contribution is -2.48. The van der Waals surface area contributed by atoms with Gasteiger partial charge in [0.15, 0.2) is 0 Å². The summed E-state index contributed by atoms with van der Waals surface area (Å²) in [4.78, 5) is 22.7. The minimum atomic E-state index is -0.469. The van der Waals surface area contributed by atoms with Gasteiger partial charge in [0.2, 0.25) is 5.91 Å². The molecule has 0 saturated heterocycles. The molecule has 3 amide bonds. The van der Waals surface area contributed by atoms with Gasteiger partial charge in [0, 0.05) is 19.3 Å². The van der Waals surface area contributed by atoms with Crippen LogP contribution in [0, 0.1) is 0 Å². The number of carbonyl (C=O) groups is 2. The van der Waals surface area contributed by atoms with E-state index < -0.39 is 12.1 Å². The van der Waals surface area contributed by atoms with Crippen molar-refractivity contribution in [3.05, 3.63) is 12.4 Å². The number of aromatic nitrogens is 3. The van der Waals surface area contributed by atoms with Crippen LogP contribution < -0.4 is 16.0 Å². The van der Waals surface area contributed by atoms with Gasteiger partial charge in [0.25, 0.3) is 0 Å². The largest absolute Gasteiger partial charge is 0.338 e. The van der Waals surface area contributed by atoms with E-state index in [1.165, 1.54) is 0 Å². The molecule has 19 heavy (non-hydrogen) atoms. The Morgan fingerprint density at radius 1 is 1.42 bits per heavy atom. The lowest BCUT2D eigenvalue weighted by molar-refractivity contribution is -0.121. The van der Waals surface area contributed by atoms with E-state index in [0.29, 0.717) is 13.1 Å². The fraction of sp³-hybridized carbons (Fsp3) is 0.636. The number of hydrogen-bond acceptors (Lipinski definition) is 5. The highest BCUT2D eigenvalue weighted by molar-refractivity contribution is 5.96. The van der Waals surface area contributed by atoms with Crippen molar-refractivity contribution >= 4 is 11.9 Å². The average molecular weight is 268 g/mol. The van der Waals surface area contributed by atoms with Gasteiger partial charge < -0.3 is 10.6 Å². The van der Waals surface area contributed by atoms with E-state index in [1.54, 1.807) is 30.9 Å². The molecule has 0 fully saturated rings. The van der Waals surface area contributed by atoms with Crippen LogP contribution in [0.1, 0.15) is 20.3 Å². The molecule has 0 saturated carbocycles. The quantitative estimate of drug-likeness (QED) is 0.578. The standard InChI is InChI=1S/C11H20N6O2/c1-3-12-11(19)15-10(18)9(2)13-5-4-7-17-8-6-14-16-17/h6,8-9,13H,3-5,7H2,1-2H3,(H2,12,15,18,19). The van der Waals surface area contributed by atoms with Gasteiger partial charge in [-0.15, -0.1) is 5.10 Å². The monoisotopic (exact) mass is 268 g/mol. The Labute approximate surface area is 111 Å². The Morgan fingerprint density at radius 2 is 2.21 bits per heavy atom. The summed E-state index contributed by atoms with van der Waals surface area (Å²) in [5.74, 6) is -0.341. The van der Waals surface area contributed by atoms with Crippen molar-refractivity contribution in [2.24, 2.45) is 0 Å². The maximum Gasteiger partial charge on any atom is 0.321 e. The van der Waals surface area contributed by atoms with Gasteiger partial charge in [-0.3, -0.25) is 14.8 Å². The number of rotatable bonds is 7. The first-order valence-electron chi connectivity index (χ1n) is 6.29. The van der Waals surface area contributed by atoms with E-state index in [0.717, 1.165) is 13.0 Å². The molecule has 1 aromatic rings. The molecule has 0 aliphatic carbocycles. The SMILES string of the molecule is CCNC(=O)NC(=O)C(C)NCCCn1ccnn1. The summed E-state index contributed by atoms with van der Waals surface area (Å²) < 4.78 is 1.72. The zero-order valence-corrected chi connectivity index (χ0v) is 11.2. The number of nitrogens with zero attached hydrogens (tertiary/aromatic N) is 3. The molecule has 0 aliphatic rings. The van der Waals surface area contributed by atoms with Crippen molar-refractivity contribution in [2.75, 3.05) is 13.1 Å². The molecule has 3 N–H and O–H groups in total. The smallest absolute Gasteiger partial charge is 0.321 e. The first-order valence-corrected chi connectivity index (χ1v) is 6.29. The predicted octanol–water partition coefficient (Wildman–Crippen LogP) is -0.508. The molecule has 1 unspecified atom stereocenters. The number of imide groups is 1. The molecular formula is C11H20N6O2. The number of nitrogens with one attached hydrogen (secondary N) is 3. The third-order valence-electron chi connectivity index (χ3n) is 2.45. The first-order chi connectivity index (χ1) is 9.13. The highest BCUT2D eigenvalue weighted by atomic mass is 16.2. The minimum absolute atomic E-state index is 0.341. The molecule has 8 nitrogen and oxygen atoms in total. The lowest BCUT2D eigenvalue weighted by atomic mass is 10.3. The number of carbonyl (C=O) groups excluding carboxylic acids is 2. The summed E-state index contributed by atoms with van der Waals surface area (Å²) in [5, 5.41) is 15.3. The Bertz CT molecular complexity index is 392. The molecular weight excluding hydrogens is 248 g/mol. The van der Waals surface area contributed by atoms with Gasteiger partial charge in [-0.1, -0.05) is 5.21 Å². The Balaban J connectivity index is 2.14. The highest BCUT2D eigenvalue weighted by Crippen LogP contribution is 1.88. The molecule has 0 bridgehead atoms. The normalized spacial score (nSPS) is 11.9. The number of aryl methyl sites for hydroxylation is 1. The molecule has 1 aromatic heterocycles. The van der Waals surface area contributed by atoms with Gasteiger partial charge in [-0.2, -0.15) is 0 Å². The van der Waals surface area contributed by atoms with Gasteiger partial charge in [0.1, 0.15) is 0 Å². The molecule has 8 heteroatoms. The third kappa shape index (κ3) is 5.96. The van der Waals surface area contributed by atoms with E-state index in [-0.39, 0.29) is 5.91 Å². The van der Waals surface area contributed by atoms with Gasteiger partial charge in [0.05, 0.1) is 12.2 Å². The average Bonchev–Trinajstić information content (AvgIpc) is 2.87. The van der Waals surface area contributed by atoms with E-state index in [4.69, 9.17) is 0 Å². The Hall–Kier alpha value is -1.96. The van der Waals surface area contributed by atoms with Crippen molar-refractivity contribution < 1.29 is 9.59 Å². The molecule has 1 heterocycles. The van der Waals surface area contributed by atoms with Crippen molar-refractivity contribution in [2.45, 2.75) is 32.9 Å². The summed E-state index contributed by atoms with van der Waals surface area (Å²) >= 11 is 0. The maximum atomic E-state index is 11.6. The van der Waals surface area contributed by atoms with Crippen LogP contribution in [0.5, 0.6) is 0 Å². The zero-order chi connectivity index (χ0) is 14.1. The van der Waals surface area contributed by atoms with E-state index >= 15 is 0 Å². The molecule has 0 aliphatic heterocycles. The molecule has 106 valence electrons. The highest BCUT2D eigenvalue weighted by Gasteiger charge is 2.14. The van der Waals surface area contributed by atoms with E-state index in [2.05, 4.69) is 26.3 Å². The molecule has 0 spiro atoms. The Kier molecular flexibility index (Phi) is 6.51. The second kappa shape index (κ2) is 8.20. The molecule has 1 rings (SSSR count). The number of amides is 3. The summed E-state index contributed by atoms with van der Waals surface area (Å²) in [6.45, 7) is 5.38. The summed E-state index contributed by atoms with van der Waals surface area (Å²) in [7, 11) is 0. The fourth-order valence-electron chi connectivity index (χ4n) is 1.43. The second-order valence-electron chi connectivity index (χ2n) is 4.04. The topological polar surface area (TPSA) is 101 Å². The second-order valence-corrected chi connectivity index (χ2v) is 4.04. The Morgan fingerprint density at radius 3 is 2.84 bits per heavy atom. The molecule has 0 aromatic carbocycles. The van der Waals surface area contributed by atoms with Crippen LogP contribution in [0.15, 0.2) is 12.4 Å². The van der Waals surface area contributed by atoms with Crippen LogP contribution in [0.25, 0.3) is 0 Å². The van der Waals surface area contributed by atoms with Gasteiger partial charge in [-0.05, 0) is 26.8 Å². The van der Waals surface area contributed by atoms with Gasteiger partial charge >= 0.3 is 6.03 Å². The van der Waals surface area contributed by atoms with Crippen LogP contribution in [-0.4, -0.2) is 46.1 Å². The number of urea groups is 1. The predicted molar refractivity (Wildman–Crippen MR) is 69.3 cm³/mol. The van der Waals surface area contributed by atoms with Crippen molar-refractivity contribution in [3.8, 4) is 0 Å². The van der Waals surface area contributed by atoms with Crippen molar-refractivity contribution in [3.63, 3.8) is 0 Å². The van der Waals surface area contributed by atoms with Gasteiger partial charge in [-0.25, -0.2) is 4.79 Å².